The number of carbonyl (C=O) groups is 1. The average molecular weight is 474 g/mol. The van der Waals surface area contributed by atoms with Gasteiger partial charge in [0.05, 0.1) is 24.0 Å². The molecule has 0 atom stereocenters. The second-order valence-electron chi connectivity index (χ2n) is 7.22. The highest BCUT2D eigenvalue weighted by Gasteiger charge is 2.24. The van der Waals surface area contributed by atoms with Crippen LogP contribution in [0, 0.1) is 0 Å². The Labute approximate surface area is 190 Å². The number of ether oxygens (including phenoxy) is 1. The summed E-state index contributed by atoms with van der Waals surface area (Å²) in [7, 11) is -2.11. The SMILES string of the molecule is COc1ccccc1N1CCN(c2ccc(NS(=O)(=O)c3cccs3)cc2C(=O)O)CC1. The van der Waals surface area contributed by atoms with Crippen molar-refractivity contribution in [2.75, 3.05) is 47.8 Å². The van der Waals surface area contributed by atoms with Gasteiger partial charge in [0.1, 0.15) is 9.96 Å². The lowest BCUT2D eigenvalue weighted by molar-refractivity contribution is 0.0697. The molecule has 3 aromatic rings. The van der Waals surface area contributed by atoms with Crippen molar-refractivity contribution in [1.29, 1.82) is 0 Å². The summed E-state index contributed by atoms with van der Waals surface area (Å²) in [6.45, 7) is 2.65. The zero-order chi connectivity index (χ0) is 22.7. The number of piperazine rings is 1. The standard InChI is InChI=1S/C22H23N3O5S2/c1-30-20-6-3-2-5-19(20)25-12-10-24(11-13-25)18-9-8-16(15-17(18)22(26)27)23-32(28,29)21-7-4-14-31-21/h2-9,14-15,23H,10-13H2,1H3,(H,26,27). The molecular weight excluding hydrogens is 450 g/mol. The van der Waals surface area contributed by atoms with Crippen LogP contribution in [0.1, 0.15) is 10.4 Å². The van der Waals surface area contributed by atoms with Gasteiger partial charge >= 0.3 is 5.97 Å². The molecule has 0 radical (unpaired) electrons. The number of thiophene rings is 1. The van der Waals surface area contributed by atoms with E-state index in [0.29, 0.717) is 31.9 Å². The summed E-state index contributed by atoms with van der Waals surface area (Å²) in [5.41, 5.74) is 1.84. The number of rotatable bonds is 7. The Morgan fingerprint density at radius 3 is 2.31 bits per heavy atom. The Kier molecular flexibility index (Phi) is 6.24. The van der Waals surface area contributed by atoms with Gasteiger partial charge in [-0.2, -0.15) is 0 Å². The molecule has 32 heavy (non-hydrogen) atoms. The van der Waals surface area contributed by atoms with Crippen molar-refractivity contribution >= 4 is 44.4 Å². The van der Waals surface area contributed by atoms with E-state index in [4.69, 9.17) is 4.74 Å². The van der Waals surface area contributed by atoms with Gasteiger partial charge in [-0.25, -0.2) is 13.2 Å². The van der Waals surface area contributed by atoms with E-state index in [1.165, 1.54) is 12.1 Å². The molecule has 4 rings (SSSR count). The molecule has 2 heterocycles. The molecule has 2 aromatic carbocycles. The van der Waals surface area contributed by atoms with Crippen LogP contribution in [0.15, 0.2) is 64.2 Å². The minimum Gasteiger partial charge on any atom is -0.495 e. The molecule has 0 amide bonds. The van der Waals surface area contributed by atoms with E-state index >= 15 is 0 Å². The molecule has 1 saturated heterocycles. The van der Waals surface area contributed by atoms with Gasteiger partial charge in [0, 0.05) is 31.9 Å². The summed E-state index contributed by atoms with van der Waals surface area (Å²) in [4.78, 5) is 16.2. The predicted octanol–water partition coefficient (Wildman–Crippen LogP) is 3.58. The molecule has 0 spiro atoms. The number of para-hydroxylation sites is 2. The van der Waals surface area contributed by atoms with Crippen LogP contribution in [-0.2, 0) is 10.0 Å². The van der Waals surface area contributed by atoms with Gasteiger partial charge in [0.25, 0.3) is 10.0 Å². The van der Waals surface area contributed by atoms with E-state index < -0.39 is 16.0 Å². The minimum absolute atomic E-state index is 0.0575. The molecule has 0 aliphatic carbocycles. The number of hydrogen-bond acceptors (Lipinski definition) is 7. The summed E-state index contributed by atoms with van der Waals surface area (Å²) in [5.74, 6) is -0.307. The van der Waals surface area contributed by atoms with Gasteiger partial charge in [-0.15, -0.1) is 11.3 Å². The van der Waals surface area contributed by atoms with Crippen molar-refractivity contribution in [1.82, 2.24) is 0 Å². The van der Waals surface area contributed by atoms with E-state index in [1.54, 1.807) is 30.7 Å². The van der Waals surface area contributed by atoms with Crippen molar-refractivity contribution in [3.05, 3.63) is 65.5 Å². The van der Waals surface area contributed by atoms with Crippen molar-refractivity contribution in [3.63, 3.8) is 0 Å². The molecule has 8 nitrogen and oxygen atoms in total. The highest BCUT2D eigenvalue weighted by molar-refractivity contribution is 7.94. The number of benzene rings is 2. The molecule has 2 N–H and O–H groups in total. The molecular formula is C22H23N3O5S2. The fraction of sp³-hybridized carbons (Fsp3) is 0.227. The average Bonchev–Trinajstić information content (AvgIpc) is 3.35. The molecule has 0 bridgehead atoms. The van der Waals surface area contributed by atoms with Gasteiger partial charge in [-0.3, -0.25) is 4.72 Å². The normalized spacial score (nSPS) is 14.3. The van der Waals surface area contributed by atoms with Crippen LogP contribution >= 0.6 is 11.3 Å². The number of hydrogen-bond donors (Lipinski definition) is 2. The third kappa shape index (κ3) is 4.51. The van der Waals surface area contributed by atoms with E-state index in [2.05, 4.69) is 9.62 Å². The van der Waals surface area contributed by atoms with Crippen LogP contribution in [0.5, 0.6) is 5.75 Å². The Morgan fingerprint density at radius 1 is 1.00 bits per heavy atom. The maximum atomic E-state index is 12.5. The van der Waals surface area contributed by atoms with Gasteiger partial charge < -0.3 is 19.6 Å². The minimum atomic E-state index is -3.75. The van der Waals surface area contributed by atoms with E-state index in [-0.39, 0.29) is 15.5 Å². The van der Waals surface area contributed by atoms with Crippen LogP contribution in [0.3, 0.4) is 0 Å². The second-order valence-corrected chi connectivity index (χ2v) is 10.1. The quantitative estimate of drug-likeness (QED) is 0.541. The molecule has 168 valence electrons. The number of carboxylic acid groups (broad SMARTS) is 1. The monoisotopic (exact) mass is 473 g/mol. The smallest absolute Gasteiger partial charge is 0.337 e. The van der Waals surface area contributed by atoms with E-state index in [0.717, 1.165) is 22.8 Å². The van der Waals surface area contributed by atoms with E-state index in [9.17, 15) is 18.3 Å². The summed E-state index contributed by atoms with van der Waals surface area (Å²) >= 11 is 1.10. The van der Waals surface area contributed by atoms with Gasteiger partial charge in [-0.05, 0) is 41.8 Å². The summed E-state index contributed by atoms with van der Waals surface area (Å²) in [5, 5.41) is 11.4. The molecule has 1 aliphatic rings. The highest BCUT2D eigenvalue weighted by Crippen LogP contribution is 2.31. The Hall–Kier alpha value is -3.24. The topological polar surface area (TPSA) is 99.2 Å². The van der Waals surface area contributed by atoms with Crippen molar-refractivity contribution in [2.45, 2.75) is 4.21 Å². The van der Waals surface area contributed by atoms with Gasteiger partial charge in [-0.1, -0.05) is 18.2 Å². The van der Waals surface area contributed by atoms with Gasteiger partial charge in [0.15, 0.2) is 0 Å². The fourth-order valence-electron chi connectivity index (χ4n) is 3.75. The maximum Gasteiger partial charge on any atom is 0.337 e. The second kappa shape index (κ2) is 9.09. The number of methoxy groups -OCH3 is 1. The lowest BCUT2D eigenvalue weighted by Gasteiger charge is -2.38. The first kappa shape index (κ1) is 22.0. The summed E-state index contributed by atoms with van der Waals surface area (Å²) < 4.78 is 33.0. The third-order valence-corrected chi connectivity index (χ3v) is 8.06. The zero-order valence-electron chi connectivity index (χ0n) is 17.4. The fourth-order valence-corrected chi connectivity index (χ4v) is 5.79. The molecule has 0 saturated carbocycles. The number of nitrogens with one attached hydrogen (secondary N) is 1. The number of nitrogens with zero attached hydrogens (tertiary/aromatic N) is 2. The number of anilines is 3. The zero-order valence-corrected chi connectivity index (χ0v) is 19.0. The van der Waals surface area contributed by atoms with Crippen molar-refractivity contribution in [3.8, 4) is 5.75 Å². The predicted molar refractivity (Wildman–Crippen MR) is 126 cm³/mol. The first-order chi connectivity index (χ1) is 15.4. The molecule has 10 heteroatoms. The lowest BCUT2D eigenvalue weighted by Crippen LogP contribution is -2.47. The van der Waals surface area contributed by atoms with Crippen LogP contribution < -0.4 is 19.3 Å². The largest absolute Gasteiger partial charge is 0.495 e. The van der Waals surface area contributed by atoms with E-state index in [1.807, 2.05) is 29.2 Å². The van der Waals surface area contributed by atoms with Gasteiger partial charge in [0.2, 0.25) is 0 Å². The molecule has 0 unspecified atom stereocenters. The Balaban J connectivity index is 1.52. The van der Waals surface area contributed by atoms with Crippen LogP contribution in [-0.4, -0.2) is 52.8 Å². The first-order valence-electron chi connectivity index (χ1n) is 9.95. The molecule has 1 aromatic heterocycles. The number of sulfonamides is 1. The number of carboxylic acids is 1. The van der Waals surface area contributed by atoms with Crippen molar-refractivity contribution < 1.29 is 23.1 Å². The maximum absolute atomic E-state index is 12.5. The Morgan fingerprint density at radius 2 is 1.69 bits per heavy atom. The van der Waals surface area contributed by atoms with Crippen molar-refractivity contribution in [2.24, 2.45) is 0 Å². The Bertz CT molecular complexity index is 1200. The summed E-state index contributed by atoms with van der Waals surface area (Å²) in [6.07, 6.45) is 0. The highest BCUT2D eigenvalue weighted by atomic mass is 32.2. The number of aromatic carboxylic acids is 1. The van der Waals surface area contributed by atoms with Crippen LogP contribution in [0.4, 0.5) is 17.1 Å². The van der Waals surface area contributed by atoms with Crippen LogP contribution in [0.2, 0.25) is 0 Å². The lowest BCUT2D eigenvalue weighted by atomic mass is 10.1. The third-order valence-electron chi connectivity index (χ3n) is 5.29. The first-order valence-corrected chi connectivity index (χ1v) is 12.3. The summed E-state index contributed by atoms with van der Waals surface area (Å²) in [6, 6.07) is 15.6. The molecule has 1 fully saturated rings. The van der Waals surface area contributed by atoms with Crippen LogP contribution in [0.25, 0.3) is 0 Å². The molecule has 1 aliphatic heterocycles.